The van der Waals surface area contributed by atoms with Gasteiger partial charge in [0, 0.05) is 19.3 Å². The average molecular weight is 260 g/mol. The highest BCUT2D eigenvalue weighted by molar-refractivity contribution is 6.30. The fourth-order valence-corrected chi connectivity index (χ4v) is 1.88. The van der Waals surface area contributed by atoms with Crippen molar-refractivity contribution < 1.29 is 9.13 Å². The lowest BCUT2D eigenvalue weighted by Gasteiger charge is -2.16. The zero-order chi connectivity index (χ0) is 12.7. The average Bonchev–Trinajstić information content (AvgIpc) is 2.33. The van der Waals surface area contributed by atoms with E-state index in [2.05, 4.69) is 5.32 Å². The minimum Gasteiger partial charge on any atom is -0.382 e. The molecule has 1 atom stereocenters. The van der Waals surface area contributed by atoms with Crippen LogP contribution in [0, 0.1) is 5.82 Å². The maximum Gasteiger partial charge on any atom is 0.145 e. The maximum absolute atomic E-state index is 13.7. The van der Waals surface area contributed by atoms with Crippen LogP contribution in [0.4, 0.5) is 4.39 Å². The quantitative estimate of drug-likeness (QED) is 0.760. The van der Waals surface area contributed by atoms with Gasteiger partial charge in [-0.3, -0.25) is 0 Å². The summed E-state index contributed by atoms with van der Waals surface area (Å²) in [5, 5.41) is 3.35. The van der Waals surface area contributed by atoms with Crippen LogP contribution in [0.15, 0.2) is 18.2 Å². The molecule has 0 aliphatic heterocycles. The van der Waals surface area contributed by atoms with E-state index in [1.165, 1.54) is 0 Å². The Morgan fingerprint density at radius 2 is 2.24 bits per heavy atom. The predicted octanol–water partition coefficient (Wildman–Crippen LogP) is 3.04. The van der Waals surface area contributed by atoms with Crippen molar-refractivity contribution in [2.24, 2.45) is 0 Å². The summed E-state index contributed by atoms with van der Waals surface area (Å²) < 4.78 is 19.0. The van der Waals surface area contributed by atoms with Gasteiger partial charge in [-0.15, -0.1) is 0 Å². The van der Waals surface area contributed by atoms with Gasteiger partial charge in [0.1, 0.15) is 5.82 Å². The second-order valence-corrected chi connectivity index (χ2v) is 4.30. The predicted molar refractivity (Wildman–Crippen MR) is 69.1 cm³/mol. The van der Waals surface area contributed by atoms with Gasteiger partial charge in [-0.2, -0.15) is 0 Å². The molecule has 96 valence electrons. The SMILES string of the molecule is CCOCCC(Cc1cccc(Cl)c1F)NC. The van der Waals surface area contributed by atoms with Crippen LogP contribution in [-0.4, -0.2) is 26.3 Å². The molecule has 2 nitrogen and oxygen atoms in total. The van der Waals surface area contributed by atoms with Crippen molar-refractivity contribution in [1.82, 2.24) is 5.32 Å². The largest absolute Gasteiger partial charge is 0.382 e. The molecule has 1 rings (SSSR count). The molecule has 0 aliphatic rings. The van der Waals surface area contributed by atoms with E-state index < -0.39 is 0 Å². The third-order valence-electron chi connectivity index (χ3n) is 2.72. The molecule has 1 unspecified atom stereocenters. The molecule has 0 aromatic heterocycles. The smallest absolute Gasteiger partial charge is 0.145 e. The molecule has 1 aromatic carbocycles. The van der Waals surface area contributed by atoms with E-state index in [0.29, 0.717) is 25.2 Å². The van der Waals surface area contributed by atoms with Gasteiger partial charge in [-0.1, -0.05) is 23.7 Å². The summed E-state index contributed by atoms with van der Waals surface area (Å²) in [4.78, 5) is 0. The lowest BCUT2D eigenvalue weighted by molar-refractivity contribution is 0.137. The van der Waals surface area contributed by atoms with Crippen molar-refractivity contribution in [2.75, 3.05) is 20.3 Å². The van der Waals surface area contributed by atoms with Crippen molar-refractivity contribution in [3.05, 3.63) is 34.6 Å². The molecular weight excluding hydrogens is 241 g/mol. The zero-order valence-corrected chi connectivity index (χ0v) is 11.1. The summed E-state index contributed by atoms with van der Waals surface area (Å²) >= 11 is 5.75. The van der Waals surface area contributed by atoms with Crippen LogP contribution < -0.4 is 5.32 Å². The van der Waals surface area contributed by atoms with E-state index in [9.17, 15) is 4.39 Å². The van der Waals surface area contributed by atoms with E-state index in [0.717, 1.165) is 6.42 Å². The normalized spacial score (nSPS) is 12.7. The lowest BCUT2D eigenvalue weighted by atomic mass is 10.0. The first kappa shape index (κ1) is 14.4. The van der Waals surface area contributed by atoms with Crippen LogP contribution in [0.5, 0.6) is 0 Å². The van der Waals surface area contributed by atoms with Gasteiger partial charge in [0.2, 0.25) is 0 Å². The molecule has 1 aromatic rings. The highest BCUT2D eigenvalue weighted by Crippen LogP contribution is 2.19. The highest BCUT2D eigenvalue weighted by atomic mass is 35.5. The summed E-state index contributed by atoms with van der Waals surface area (Å²) in [6.07, 6.45) is 1.48. The van der Waals surface area contributed by atoms with Gasteiger partial charge in [0.05, 0.1) is 5.02 Å². The monoisotopic (exact) mass is 259 g/mol. The summed E-state index contributed by atoms with van der Waals surface area (Å²) in [5.74, 6) is -0.314. The van der Waals surface area contributed by atoms with Crippen LogP contribution in [0.2, 0.25) is 5.02 Å². The minimum atomic E-state index is -0.314. The number of likely N-dealkylation sites (N-methyl/N-ethyl adjacent to an activating group) is 1. The number of benzene rings is 1. The van der Waals surface area contributed by atoms with E-state index in [4.69, 9.17) is 16.3 Å². The van der Waals surface area contributed by atoms with Gasteiger partial charge in [-0.25, -0.2) is 4.39 Å². The third-order valence-corrected chi connectivity index (χ3v) is 3.01. The van der Waals surface area contributed by atoms with Crippen molar-refractivity contribution in [3.8, 4) is 0 Å². The molecule has 0 spiro atoms. The number of ether oxygens (including phenoxy) is 1. The Hall–Kier alpha value is -0.640. The van der Waals surface area contributed by atoms with Crippen LogP contribution >= 0.6 is 11.6 Å². The van der Waals surface area contributed by atoms with Crippen LogP contribution in [-0.2, 0) is 11.2 Å². The van der Waals surface area contributed by atoms with Crippen molar-refractivity contribution >= 4 is 11.6 Å². The Bertz CT molecular complexity index is 346. The van der Waals surface area contributed by atoms with Gasteiger partial charge in [-0.05, 0) is 38.4 Å². The van der Waals surface area contributed by atoms with Crippen molar-refractivity contribution in [1.29, 1.82) is 0 Å². The maximum atomic E-state index is 13.7. The zero-order valence-electron chi connectivity index (χ0n) is 10.3. The highest BCUT2D eigenvalue weighted by Gasteiger charge is 2.12. The number of halogens is 2. The second kappa shape index (κ2) is 7.64. The first-order valence-electron chi connectivity index (χ1n) is 5.87. The number of hydrogen-bond acceptors (Lipinski definition) is 2. The molecule has 0 fully saturated rings. The Morgan fingerprint density at radius 1 is 1.47 bits per heavy atom. The molecule has 0 bridgehead atoms. The first-order valence-corrected chi connectivity index (χ1v) is 6.24. The summed E-state index contributed by atoms with van der Waals surface area (Å²) in [7, 11) is 1.87. The molecular formula is C13H19ClFNO. The third kappa shape index (κ3) is 4.62. The molecule has 1 N–H and O–H groups in total. The van der Waals surface area contributed by atoms with Crippen molar-refractivity contribution in [2.45, 2.75) is 25.8 Å². The molecule has 0 saturated heterocycles. The fraction of sp³-hybridized carbons (Fsp3) is 0.538. The fourth-order valence-electron chi connectivity index (χ4n) is 1.69. The van der Waals surface area contributed by atoms with Gasteiger partial charge in [0.15, 0.2) is 0 Å². The summed E-state index contributed by atoms with van der Waals surface area (Å²) in [6, 6.07) is 5.31. The van der Waals surface area contributed by atoms with Gasteiger partial charge >= 0.3 is 0 Å². The molecule has 0 amide bonds. The van der Waals surface area contributed by atoms with Crippen molar-refractivity contribution in [3.63, 3.8) is 0 Å². The molecule has 17 heavy (non-hydrogen) atoms. The molecule has 0 aliphatic carbocycles. The summed E-state index contributed by atoms with van der Waals surface area (Å²) in [6.45, 7) is 3.36. The van der Waals surface area contributed by atoms with E-state index in [1.807, 2.05) is 14.0 Å². The first-order chi connectivity index (χ1) is 8.19. The minimum absolute atomic E-state index is 0.183. The molecule has 0 saturated carbocycles. The standard InChI is InChI=1S/C13H19ClFNO/c1-3-17-8-7-11(16-2)9-10-5-4-6-12(14)13(10)15/h4-6,11,16H,3,7-9H2,1-2H3. The Kier molecular flexibility index (Phi) is 6.48. The lowest BCUT2D eigenvalue weighted by Crippen LogP contribution is -2.29. The molecule has 4 heteroatoms. The van der Waals surface area contributed by atoms with Crippen LogP contribution in [0.1, 0.15) is 18.9 Å². The second-order valence-electron chi connectivity index (χ2n) is 3.89. The number of nitrogens with one attached hydrogen (secondary N) is 1. The number of rotatable bonds is 7. The van der Waals surface area contributed by atoms with E-state index >= 15 is 0 Å². The molecule has 0 radical (unpaired) electrons. The molecule has 0 heterocycles. The Balaban J connectivity index is 2.57. The van der Waals surface area contributed by atoms with Gasteiger partial charge < -0.3 is 10.1 Å². The van der Waals surface area contributed by atoms with Crippen LogP contribution in [0.25, 0.3) is 0 Å². The van der Waals surface area contributed by atoms with E-state index in [1.54, 1.807) is 18.2 Å². The van der Waals surface area contributed by atoms with Crippen LogP contribution in [0.3, 0.4) is 0 Å². The Labute approximate surface area is 107 Å². The van der Waals surface area contributed by atoms with Gasteiger partial charge in [0.25, 0.3) is 0 Å². The number of hydrogen-bond donors (Lipinski definition) is 1. The van der Waals surface area contributed by atoms with E-state index in [-0.39, 0.29) is 16.9 Å². The summed E-state index contributed by atoms with van der Waals surface area (Å²) in [5.41, 5.74) is 0.647. The topological polar surface area (TPSA) is 21.3 Å². The Morgan fingerprint density at radius 3 is 2.88 bits per heavy atom.